The van der Waals surface area contributed by atoms with E-state index in [0.717, 1.165) is 10.9 Å². The van der Waals surface area contributed by atoms with Gasteiger partial charge in [-0.1, -0.05) is 0 Å². The van der Waals surface area contributed by atoms with Crippen molar-refractivity contribution in [1.82, 2.24) is 4.98 Å². The molecule has 5 heteroatoms. The number of amides is 1. The lowest BCUT2D eigenvalue weighted by Gasteiger charge is -2.02. The van der Waals surface area contributed by atoms with Gasteiger partial charge in [0.05, 0.1) is 17.4 Å². The second kappa shape index (κ2) is 3.37. The molecule has 0 unspecified atom stereocenters. The van der Waals surface area contributed by atoms with Gasteiger partial charge in [0, 0.05) is 11.5 Å². The smallest absolute Gasteiger partial charge is 0.231 e. The van der Waals surface area contributed by atoms with E-state index < -0.39 is 0 Å². The van der Waals surface area contributed by atoms with Crippen molar-refractivity contribution >= 4 is 23.0 Å². The van der Waals surface area contributed by atoms with Crippen molar-refractivity contribution in [3.8, 4) is 11.5 Å². The molecule has 0 saturated heterocycles. The van der Waals surface area contributed by atoms with Gasteiger partial charge >= 0.3 is 0 Å². The van der Waals surface area contributed by atoms with Gasteiger partial charge in [-0.05, 0) is 12.1 Å². The Morgan fingerprint density at radius 2 is 2.06 bits per heavy atom. The van der Waals surface area contributed by atoms with E-state index in [4.69, 9.17) is 9.47 Å². The monoisotopic (exact) mass is 216 g/mol. The first kappa shape index (κ1) is 8.96. The predicted molar refractivity (Wildman–Crippen MR) is 57.6 cm³/mol. The topological polar surface area (TPSA) is 60.5 Å². The van der Waals surface area contributed by atoms with E-state index in [1.165, 1.54) is 0 Å². The first-order valence-electron chi connectivity index (χ1n) is 4.76. The highest BCUT2D eigenvalue weighted by molar-refractivity contribution is 5.87. The highest BCUT2D eigenvalue weighted by atomic mass is 16.7. The molecule has 0 radical (unpaired) electrons. The Kier molecular flexibility index (Phi) is 1.89. The van der Waals surface area contributed by atoms with E-state index in [9.17, 15) is 4.79 Å². The van der Waals surface area contributed by atoms with Gasteiger partial charge < -0.3 is 14.8 Å². The molecule has 2 heterocycles. The number of pyridine rings is 1. The molecule has 0 spiro atoms. The fraction of sp³-hybridized carbons (Fsp3) is 0.0909. The number of benzene rings is 1. The SMILES string of the molecule is O=CNc1cnc2cc3c(cc2c1)OCO3. The molecule has 0 saturated carbocycles. The number of nitrogens with one attached hydrogen (secondary N) is 1. The highest BCUT2D eigenvalue weighted by Gasteiger charge is 2.14. The molecule has 0 atom stereocenters. The Bertz CT molecular complexity index is 568. The third-order valence-corrected chi connectivity index (χ3v) is 2.40. The Morgan fingerprint density at radius 1 is 1.25 bits per heavy atom. The second-order valence-corrected chi connectivity index (χ2v) is 3.38. The molecule has 16 heavy (non-hydrogen) atoms. The standard InChI is InChI=1S/C11H8N2O3/c14-5-13-8-1-7-2-10-11(16-6-15-10)3-9(7)12-4-8/h1-5H,6H2,(H,13,14). The summed E-state index contributed by atoms with van der Waals surface area (Å²) < 4.78 is 10.5. The van der Waals surface area contributed by atoms with Crippen molar-refractivity contribution < 1.29 is 14.3 Å². The van der Waals surface area contributed by atoms with E-state index in [2.05, 4.69) is 10.3 Å². The van der Waals surface area contributed by atoms with Gasteiger partial charge in [0.1, 0.15) is 0 Å². The lowest BCUT2D eigenvalue weighted by Crippen LogP contribution is -1.94. The molecule has 0 bridgehead atoms. The average Bonchev–Trinajstić information content (AvgIpc) is 2.73. The molecule has 3 rings (SSSR count). The molecule has 5 nitrogen and oxygen atoms in total. The van der Waals surface area contributed by atoms with Crippen LogP contribution in [0.1, 0.15) is 0 Å². The highest BCUT2D eigenvalue weighted by Crippen LogP contribution is 2.35. The van der Waals surface area contributed by atoms with E-state index in [1.54, 1.807) is 6.20 Å². The molecule has 1 aliphatic rings. The molecular weight excluding hydrogens is 208 g/mol. The third kappa shape index (κ3) is 1.33. The van der Waals surface area contributed by atoms with Gasteiger partial charge in [0.15, 0.2) is 11.5 Å². The van der Waals surface area contributed by atoms with Crippen molar-refractivity contribution in [2.45, 2.75) is 0 Å². The molecule has 80 valence electrons. The van der Waals surface area contributed by atoms with Gasteiger partial charge in [-0.2, -0.15) is 0 Å². The summed E-state index contributed by atoms with van der Waals surface area (Å²) in [5, 5.41) is 3.45. The minimum Gasteiger partial charge on any atom is -0.454 e. The van der Waals surface area contributed by atoms with Crippen LogP contribution in [0.25, 0.3) is 10.9 Å². The number of hydrogen-bond donors (Lipinski definition) is 1. The molecule has 1 N–H and O–H groups in total. The van der Waals surface area contributed by atoms with Crippen LogP contribution in [0, 0.1) is 0 Å². The number of nitrogens with zero attached hydrogens (tertiary/aromatic N) is 1. The molecule has 0 aliphatic carbocycles. The van der Waals surface area contributed by atoms with Gasteiger partial charge in [-0.25, -0.2) is 0 Å². The summed E-state index contributed by atoms with van der Waals surface area (Å²) in [4.78, 5) is 14.5. The molecule has 1 aromatic carbocycles. The summed E-state index contributed by atoms with van der Waals surface area (Å²) in [6, 6.07) is 5.50. The van der Waals surface area contributed by atoms with Crippen molar-refractivity contribution in [3.05, 3.63) is 24.4 Å². The lowest BCUT2D eigenvalue weighted by atomic mass is 10.2. The Balaban J connectivity index is 2.16. The summed E-state index contributed by atoms with van der Waals surface area (Å²) >= 11 is 0. The fourth-order valence-electron chi connectivity index (χ4n) is 1.67. The molecule has 1 aromatic heterocycles. The van der Waals surface area contributed by atoms with Gasteiger partial charge in [0.2, 0.25) is 13.2 Å². The van der Waals surface area contributed by atoms with Gasteiger partial charge in [0.25, 0.3) is 0 Å². The van der Waals surface area contributed by atoms with Gasteiger partial charge in [-0.3, -0.25) is 9.78 Å². The number of aromatic nitrogens is 1. The lowest BCUT2D eigenvalue weighted by molar-refractivity contribution is -0.105. The Hall–Kier alpha value is -2.30. The summed E-state index contributed by atoms with van der Waals surface area (Å²) in [6.07, 6.45) is 2.22. The van der Waals surface area contributed by atoms with Gasteiger partial charge in [-0.15, -0.1) is 0 Å². The maximum atomic E-state index is 10.3. The summed E-state index contributed by atoms with van der Waals surface area (Å²) in [7, 11) is 0. The van der Waals surface area contributed by atoms with E-state index in [1.807, 2.05) is 18.2 Å². The zero-order valence-corrected chi connectivity index (χ0v) is 8.27. The van der Waals surface area contributed by atoms with Crippen LogP contribution in [0.15, 0.2) is 24.4 Å². The third-order valence-electron chi connectivity index (χ3n) is 2.40. The van der Waals surface area contributed by atoms with Crippen LogP contribution in [0.2, 0.25) is 0 Å². The number of anilines is 1. The largest absolute Gasteiger partial charge is 0.454 e. The first-order chi connectivity index (χ1) is 7.86. The summed E-state index contributed by atoms with van der Waals surface area (Å²) in [6.45, 7) is 0.241. The molecular formula is C11H8N2O3. The number of ether oxygens (including phenoxy) is 2. The van der Waals surface area contributed by atoms with Crippen molar-refractivity contribution in [2.24, 2.45) is 0 Å². The number of carbonyl (C=O) groups excluding carboxylic acids is 1. The zero-order chi connectivity index (χ0) is 11.0. The Morgan fingerprint density at radius 3 is 2.88 bits per heavy atom. The molecule has 1 amide bonds. The van der Waals surface area contributed by atoms with Crippen LogP contribution >= 0.6 is 0 Å². The number of hydrogen-bond acceptors (Lipinski definition) is 4. The number of rotatable bonds is 2. The van der Waals surface area contributed by atoms with Crippen molar-refractivity contribution in [1.29, 1.82) is 0 Å². The number of carbonyl (C=O) groups is 1. The molecule has 2 aromatic rings. The van der Waals surface area contributed by atoms with Crippen LogP contribution in [0.5, 0.6) is 11.5 Å². The van der Waals surface area contributed by atoms with E-state index >= 15 is 0 Å². The summed E-state index contributed by atoms with van der Waals surface area (Å²) in [5.41, 5.74) is 1.46. The summed E-state index contributed by atoms with van der Waals surface area (Å²) in [5.74, 6) is 1.41. The quantitative estimate of drug-likeness (QED) is 0.773. The maximum Gasteiger partial charge on any atom is 0.231 e. The minimum atomic E-state index is 0.241. The van der Waals surface area contributed by atoms with E-state index in [-0.39, 0.29) is 6.79 Å². The Labute approximate surface area is 91.0 Å². The van der Waals surface area contributed by atoms with E-state index in [0.29, 0.717) is 23.6 Å². The van der Waals surface area contributed by atoms with Crippen LogP contribution in [-0.4, -0.2) is 18.2 Å². The molecule has 1 aliphatic heterocycles. The zero-order valence-electron chi connectivity index (χ0n) is 8.27. The van der Waals surface area contributed by atoms with Crippen LogP contribution in [-0.2, 0) is 4.79 Å². The predicted octanol–water partition coefficient (Wildman–Crippen LogP) is 1.53. The minimum absolute atomic E-state index is 0.241. The van der Waals surface area contributed by atoms with Crippen LogP contribution < -0.4 is 14.8 Å². The normalized spacial score (nSPS) is 12.8. The van der Waals surface area contributed by atoms with Crippen LogP contribution in [0.4, 0.5) is 5.69 Å². The number of fused-ring (bicyclic) bond motifs is 2. The molecule has 0 fully saturated rings. The second-order valence-electron chi connectivity index (χ2n) is 3.38. The van der Waals surface area contributed by atoms with Crippen molar-refractivity contribution in [2.75, 3.05) is 12.1 Å². The fourth-order valence-corrected chi connectivity index (χ4v) is 1.67. The maximum absolute atomic E-state index is 10.3. The van der Waals surface area contributed by atoms with Crippen molar-refractivity contribution in [3.63, 3.8) is 0 Å². The first-order valence-corrected chi connectivity index (χ1v) is 4.76. The average molecular weight is 216 g/mol. The van der Waals surface area contributed by atoms with Crippen LogP contribution in [0.3, 0.4) is 0 Å².